The number of rotatable bonds is 6. The van der Waals surface area contributed by atoms with Crippen molar-refractivity contribution in [3.8, 4) is 0 Å². The molecule has 1 aromatic carbocycles. The number of nitrogen functional groups attached to an aromatic ring is 1. The van der Waals surface area contributed by atoms with Gasteiger partial charge in [-0.05, 0) is 31.0 Å². The average Bonchev–Trinajstić information content (AvgIpc) is 3.06. The number of nitrogens with two attached hydrogens (primary N) is 1. The number of nitrogens with one attached hydrogen (secondary N) is 1. The van der Waals surface area contributed by atoms with Gasteiger partial charge in [-0.25, -0.2) is 9.97 Å². The first-order chi connectivity index (χ1) is 9.81. The van der Waals surface area contributed by atoms with E-state index in [4.69, 9.17) is 5.73 Å². The smallest absolute Gasteiger partial charge is 0.183 e. The Morgan fingerprint density at radius 3 is 3.10 bits per heavy atom. The Balaban J connectivity index is 1.47. The standard InChI is InChI=1S/C14H17N5S/c15-11-3-4-12-13(9-11)20-14(18-12)17-5-1-2-7-19-8-6-16-10-19/h3-4,6,8-10H,1-2,5,7,15H2,(H,17,18). The summed E-state index contributed by atoms with van der Waals surface area (Å²) >= 11 is 1.65. The Morgan fingerprint density at radius 2 is 2.25 bits per heavy atom. The van der Waals surface area contributed by atoms with Gasteiger partial charge in [-0.1, -0.05) is 11.3 Å². The molecule has 5 nitrogen and oxygen atoms in total. The van der Waals surface area contributed by atoms with Crippen LogP contribution in [-0.2, 0) is 6.54 Å². The molecule has 6 heteroatoms. The summed E-state index contributed by atoms with van der Waals surface area (Å²) in [7, 11) is 0. The molecule has 3 aromatic rings. The van der Waals surface area contributed by atoms with Gasteiger partial charge in [-0.2, -0.15) is 0 Å². The molecule has 0 aliphatic heterocycles. The monoisotopic (exact) mass is 287 g/mol. The summed E-state index contributed by atoms with van der Waals surface area (Å²) in [6.45, 7) is 1.95. The van der Waals surface area contributed by atoms with Crippen LogP contribution < -0.4 is 11.1 Å². The predicted octanol–water partition coefficient (Wildman–Crippen LogP) is 2.97. The fraction of sp³-hybridized carbons (Fsp3) is 0.286. The minimum absolute atomic E-state index is 0.785. The number of hydrogen-bond donors (Lipinski definition) is 2. The van der Waals surface area contributed by atoms with Crippen LogP contribution in [0.5, 0.6) is 0 Å². The van der Waals surface area contributed by atoms with Crippen LogP contribution in [0.25, 0.3) is 10.2 Å². The summed E-state index contributed by atoms with van der Waals surface area (Å²) in [4.78, 5) is 8.57. The zero-order chi connectivity index (χ0) is 13.8. The second-order valence-corrected chi connectivity index (χ2v) is 5.71. The summed E-state index contributed by atoms with van der Waals surface area (Å²) in [6.07, 6.45) is 7.89. The molecule has 3 rings (SSSR count). The Kier molecular flexibility index (Phi) is 3.83. The first-order valence-electron chi connectivity index (χ1n) is 6.67. The van der Waals surface area contributed by atoms with Crippen molar-refractivity contribution in [1.29, 1.82) is 0 Å². The molecule has 2 heterocycles. The van der Waals surface area contributed by atoms with Crippen LogP contribution in [0.3, 0.4) is 0 Å². The summed E-state index contributed by atoms with van der Waals surface area (Å²) in [5.74, 6) is 0. The maximum atomic E-state index is 5.77. The number of unbranched alkanes of at least 4 members (excludes halogenated alkanes) is 1. The number of fused-ring (bicyclic) bond motifs is 1. The number of aromatic nitrogens is 3. The van der Waals surface area contributed by atoms with Crippen LogP contribution in [0.4, 0.5) is 10.8 Å². The van der Waals surface area contributed by atoms with Crippen LogP contribution in [0.1, 0.15) is 12.8 Å². The zero-order valence-corrected chi connectivity index (χ0v) is 11.9. The Labute approximate surface area is 121 Å². The number of imidazole rings is 1. The molecule has 0 atom stereocenters. The van der Waals surface area contributed by atoms with Gasteiger partial charge >= 0.3 is 0 Å². The van der Waals surface area contributed by atoms with E-state index in [0.29, 0.717) is 0 Å². The zero-order valence-electron chi connectivity index (χ0n) is 11.1. The van der Waals surface area contributed by atoms with Gasteiger partial charge in [0.2, 0.25) is 0 Å². The fourth-order valence-electron chi connectivity index (χ4n) is 2.05. The number of thiazole rings is 1. The molecule has 20 heavy (non-hydrogen) atoms. The summed E-state index contributed by atoms with van der Waals surface area (Å²) in [5, 5.41) is 4.34. The molecule has 0 saturated carbocycles. The van der Waals surface area contributed by atoms with Crippen molar-refractivity contribution in [2.24, 2.45) is 0 Å². The molecule has 0 aliphatic carbocycles. The molecule has 0 radical (unpaired) electrons. The number of anilines is 2. The second-order valence-electron chi connectivity index (χ2n) is 4.68. The quantitative estimate of drug-likeness (QED) is 0.540. The lowest BCUT2D eigenvalue weighted by Crippen LogP contribution is -2.03. The molecular weight excluding hydrogens is 270 g/mol. The van der Waals surface area contributed by atoms with E-state index >= 15 is 0 Å². The topological polar surface area (TPSA) is 68.8 Å². The number of hydrogen-bond acceptors (Lipinski definition) is 5. The van der Waals surface area contributed by atoms with E-state index in [1.165, 1.54) is 0 Å². The first kappa shape index (κ1) is 12.9. The van der Waals surface area contributed by atoms with Crippen LogP contribution in [0.15, 0.2) is 36.9 Å². The molecular formula is C14H17N5S. The van der Waals surface area contributed by atoms with Crippen molar-refractivity contribution < 1.29 is 0 Å². The van der Waals surface area contributed by atoms with Crippen LogP contribution in [0.2, 0.25) is 0 Å². The third-order valence-electron chi connectivity index (χ3n) is 3.09. The Morgan fingerprint density at radius 1 is 1.30 bits per heavy atom. The summed E-state index contributed by atoms with van der Waals surface area (Å²) in [5.41, 5.74) is 7.56. The maximum Gasteiger partial charge on any atom is 0.183 e. The normalized spacial score (nSPS) is 11.0. The van der Waals surface area contributed by atoms with Crippen LogP contribution in [0, 0.1) is 0 Å². The highest BCUT2D eigenvalue weighted by Crippen LogP contribution is 2.27. The van der Waals surface area contributed by atoms with Crippen LogP contribution in [-0.4, -0.2) is 21.1 Å². The predicted molar refractivity (Wildman–Crippen MR) is 84.0 cm³/mol. The number of nitrogens with zero attached hydrogens (tertiary/aromatic N) is 3. The third-order valence-corrected chi connectivity index (χ3v) is 4.07. The van der Waals surface area contributed by atoms with Crippen molar-refractivity contribution >= 4 is 32.4 Å². The molecule has 0 aliphatic rings. The second kappa shape index (κ2) is 5.92. The van der Waals surface area contributed by atoms with Gasteiger partial charge in [0.25, 0.3) is 0 Å². The molecule has 3 N–H and O–H groups in total. The lowest BCUT2D eigenvalue weighted by Gasteiger charge is -2.03. The van der Waals surface area contributed by atoms with E-state index in [9.17, 15) is 0 Å². The summed E-state index contributed by atoms with van der Waals surface area (Å²) in [6, 6.07) is 5.82. The van der Waals surface area contributed by atoms with E-state index in [-0.39, 0.29) is 0 Å². The number of aryl methyl sites for hydroxylation is 1. The molecule has 104 valence electrons. The Bertz CT molecular complexity index is 674. The van der Waals surface area contributed by atoms with E-state index in [1.54, 1.807) is 11.3 Å². The third kappa shape index (κ3) is 3.08. The molecule has 2 aromatic heterocycles. The largest absolute Gasteiger partial charge is 0.399 e. The maximum absolute atomic E-state index is 5.77. The molecule has 0 saturated heterocycles. The highest BCUT2D eigenvalue weighted by atomic mass is 32.1. The SMILES string of the molecule is Nc1ccc2nc(NCCCCn3ccnc3)sc2c1. The van der Waals surface area contributed by atoms with Crippen molar-refractivity contribution in [2.45, 2.75) is 19.4 Å². The highest BCUT2D eigenvalue weighted by Gasteiger charge is 2.03. The minimum Gasteiger partial charge on any atom is -0.399 e. The highest BCUT2D eigenvalue weighted by molar-refractivity contribution is 7.22. The van der Waals surface area contributed by atoms with E-state index in [0.717, 1.165) is 47.0 Å². The summed E-state index contributed by atoms with van der Waals surface area (Å²) < 4.78 is 3.23. The van der Waals surface area contributed by atoms with Gasteiger partial charge in [-0.15, -0.1) is 0 Å². The van der Waals surface area contributed by atoms with Gasteiger partial charge in [0.1, 0.15) is 0 Å². The van der Waals surface area contributed by atoms with E-state index < -0.39 is 0 Å². The van der Waals surface area contributed by atoms with Crippen molar-refractivity contribution in [3.63, 3.8) is 0 Å². The average molecular weight is 287 g/mol. The molecule has 0 amide bonds. The van der Waals surface area contributed by atoms with Gasteiger partial charge < -0.3 is 15.6 Å². The van der Waals surface area contributed by atoms with E-state index in [1.807, 2.05) is 36.9 Å². The Hall–Kier alpha value is -2.08. The number of benzene rings is 1. The van der Waals surface area contributed by atoms with Gasteiger partial charge in [0, 0.05) is 31.2 Å². The lowest BCUT2D eigenvalue weighted by molar-refractivity contribution is 0.621. The molecule has 0 bridgehead atoms. The van der Waals surface area contributed by atoms with Gasteiger partial charge in [-0.3, -0.25) is 0 Å². The van der Waals surface area contributed by atoms with Crippen LogP contribution >= 0.6 is 11.3 Å². The first-order valence-corrected chi connectivity index (χ1v) is 7.48. The van der Waals surface area contributed by atoms with E-state index in [2.05, 4.69) is 19.9 Å². The van der Waals surface area contributed by atoms with Crippen molar-refractivity contribution in [2.75, 3.05) is 17.6 Å². The van der Waals surface area contributed by atoms with Crippen molar-refractivity contribution in [3.05, 3.63) is 36.9 Å². The molecule has 0 unspecified atom stereocenters. The fourth-order valence-corrected chi connectivity index (χ4v) is 2.99. The minimum atomic E-state index is 0.785. The molecule has 0 spiro atoms. The van der Waals surface area contributed by atoms with Gasteiger partial charge in [0.05, 0.1) is 16.5 Å². The lowest BCUT2D eigenvalue weighted by atomic mass is 10.3. The van der Waals surface area contributed by atoms with Crippen molar-refractivity contribution in [1.82, 2.24) is 14.5 Å². The molecule has 0 fully saturated rings. The van der Waals surface area contributed by atoms with Gasteiger partial charge in [0.15, 0.2) is 5.13 Å².